The summed E-state index contributed by atoms with van der Waals surface area (Å²) in [4.78, 5) is 9.07. The van der Waals surface area contributed by atoms with E-state index in [4.69, 9.17) is 4.74 Å². The average Bonchev–Trinajstić information content (AvgIpc) is 3.25. The predicted molar refractivity (Wildman–Crippen MR) is 79.4 cm³/mol. The summed E-state index contributed by atoms with van der Waals surface area (Å²) in [5.74, 6) is 0. The van der Waals surface area contributed by atoms with Gasteiger partial charge in [-0.3, -0.25) is 4.98 Å². The lowest BCUT2D eigenvalue weighted by atomic mass is 10.0. The average molecular weight is 271 g/mol. The monoisotopic (exact) mass is 271 g/mol. The summed E-state index contributed by atoms with van der Waals surface area (Å²) in [6.45, 7) is 2.69. The Kier molecular flexibility index (Phi) is 3.94. The molecule has 2 aromatic rings. The van der Waals surface area contributed by atoms with Crippen LogP contribution in [-0.4, -0.2) is 30.2 Å². The van der Waals surface area contributed by atoms with Gasteiger partial charge in [-0.2, -0.15) is 0 Å². The van der Waals surface area contributed by atoms with Crippen molar-refractivity contribution in [3.63, 3.8) is 0 Å². The summed E-state index contributed by atoms with van der Waals surface area (Å²) >= 11 is 0. The highest BCUT2D eigenvalue weighted by Crippen LogP contribution is 2.48. The molecule has 0 radical (unpaired) electrons. The van der Waals surface area contributed by atoms with Crippen molar-refractivity contribution >= 4 is 11.0 Å². The number of nitrogens with zero attached hydrogens (tertiary/aromatic N) is 2. The van der Waals surface area contributed by atoms with E-state index >= 15 is 0 Å². The Morgan fingerprint density at radius 1 is 1.25 bits per heavy atom. The smallest absolute Gasteiger partial charge is 0.0890 e. The van der Waals surface area contributed by atoms with Crippen LogP contribution in [0.4, 0.5) is 0 Å². The van der Waals surface area contributed by atoms with Crippen LogP contribution in [0.1, 0.15) is 25.0 Å². The van der Waals surface area contributed by atoms with E-state index in [0.717, 1.165) is 42.8 Å². The third kappa shape index (κ3) is 3.14. The molecular weight excluding hydrogens is 250 g/mol. The summed E-state index contributed by atoms with van der Waals surface area (Å²) < 4.78 is 5.18. The van der Waals surface area contributed by atoms with E-state index in [2.05, 4.69) is 15.3 Å². The molecule has 4 nitrogen and oxygen atoms in total. The second kappa shape index (κ2) is 5.85. The first kappa shape index (κ1) is 13.5. The number of nitrogens with one attached hydrogen (secondary N) is 1. The van der Waals surface area contributed by atoms with Crippen LogP contribution in [0.15, 0.2) is 30.5 Å². The van der Waals surface area contributed by atoms with Crippen LogP contribution in [-0.2, 0) is 11.3 Å². The molecule has 0 unspecified atom stereocenters. The summed E-state index contributed by atoms with van der Waals surface area (Å²) in [7, 11) is 1.77. The van der Waals surface area contributed by atoms with Crippen molar-refractivity contribution in [1.82, 2.24) is 15.3 Å². The second-order valence-corrected chi connectivity index (χ2v) is 5.70. The lowest BCUT2D eigenvalue weighted by Crippen LogP contribution is -2.25. The molecule has 0 saturated heterocycles. The Hall–Kier alpha value is -1.52. The highest BCUT2D eigenvalue weighted by Gasteiger charge is 2.41. The zero-order valence-corrected chi connectivity index (χ0v) is 11.9. The topological polar surface area (TPSA) is 47.0 Å². The Balaban J connectivity index is 1.55. The fourth-order valence-electron chi connectivity index (χ4n) is 2.55. The van der Waals surface area contributed by atoms with Gasteiger partial charge in [0.05, 0.1) is 22.9 Å². The molecule has 106 valence electrons. The van der Waals surface area contributed by atoms with Gasteiger partial charge in [-0.15, -0.1) is 0 Å². The highest BCUT2D eigenvalue weighted by atomic mass is 16.5. The largest absolute Gasteiger partial charge is 0.385 e. The minimum Gasteiger partial charge on any atom is -0.385 e. The molecule has 0 amide bonds. The fraction of sp³-hybridized carbons (Fsp3) is 0.500. The van der Waals surface area contributed by atoms with E-state index in [1.807, 2.05) is 30.5 Å². The molecule has 0 spiro atoms. The SMILES string of the molecule is COCCC1(CNCc2cnc3ccccc3n2)CC1. The molecule has 1 aromatic heterocycles. The Labute approximate surface area is 119 Å². The van der Waals surface area contributed by atoms with Crippen molar-refractivity contribution in [2.75, 3.05) is 20.3 Å². The maximum Gasteiger partial charge on any atom is 0.0890 e. The minimum atomic E-state index is 0.473. The van der Waals surface area contributed by atoms with Crippen LogP contribution in [0.3, 0.4) is 0 Å². The summed E-state index contributed by atoms with van der Waals surface area (Å²) in [6, 6.07) is 7.98. The summed E-state index contributed by atoms with van der Waals surface area (Å²) in [6.07, 6.45) is 5.64. The van der Waals surface area contributed by atoms with Crippen molar-refractivity contribution in [2.45, 2.75) is 25.8 Å². The molecule has 1 aliphatic carbocycles. The Bertz CT molecular complexity index is 581. The number of aromatic nitrogens is 2. The first-order chi connectivity index (χ1) is 9.81. The summed E-state index contributed by atoms with van der Waals surface area (Å²) in [5.41, 5.74) is 3.40. The molecule has 1 heterocycles. The molecule has 0 bridgehead atoms. The number of methoxy groups -OCH3 is 1. The van der Waals surface area contributed by atoms with Gasteiger partial charge in [0, 0.05) is 26.8 Å². The summed E-state index contributed by atoms with van der Waals surface area (Å²) in [5, 5.41) is 3.52. The molecule has 1 aromatic carbocycles. The first-order valence-electron chi connectivity index (χ1n) is 7.22. The highest BCUT2D eigenvalue weighted by molar-refractivity contribution is 5.73. The van der Waals surface area contributed by atoms with Gasteiger partial charge in [-0.05, 0) is 36.8 Å². The van der Waals surface area contributed by atoms with E-state index < -0.39 is 0 Å². The maximum absolute atomic E-state index is 5.18. The van der Waals surface area contributed by atoms with Crippen molar-refractivity contribution in [3.8, 4) is 0 Å². The van der Waals surface area contributed by atoms with E-state index in [1.54, 1.807) is 7.11 Å². The predicted octanol–water partition coefficient (Wildman–Crippen LogP) is 2.54. The fourth-order valence-corrected chi connectivity index (χ4v) is 2.55. The first-order valence-corrected chi connectivity index (χ1v) is 7.22. The number of hydrogen-bond acceptors (Lipinski definition) is 4. The van der Waals surface area contributed by atoms with E-state index in [9.17, 15) is 0 Å². The molecule has 3 rings (SSSR count). The van der Waals surface area contributed by atoms with Crippen molar-refractivity contribution < 1.29 is 4.74 Å². The third-order valence-corrected chi connectivity index (χ3v) is 4.10. The van der Waals surface area contributed by atoms with Crippen LogP contribution in [0.5, 0.6) is 0 Å². The van der Waals surface area contributed by atoms with Gasteiger partial charge in [0.2, 0.25) is 0 Å². The minimum absolute atomic E-state index is 0.473. The number of hydrogen-bond donors (Lipinski definition) is 1. The van der Waals surface area contributed by atoms with Crippen LogP contribution >= 0.6 is 0 Å². The number of fused-ring (bicyclic) bond motifs is 1. The lowest BCUT2D eigenvalue weighted by molar-refractivity contribution is 0.171. The quantitative estimate of drug-likeness (QED) is 0.840. The number of ether oxygens (including phenoxy) is 1. The van der Waals surface area contributed by atoms with Crippen molar-refractivity contribution in [3.05, 3.63) is 36.2 Å². The van der Waals surface area contributed by atoms with Gasteiger partial charge in [0.1, 0.15) is 0 Å². The normalized spacial score (nSPS) is 16.4. The molecule has 4 heteroatoms. The van der Waals surface area contributed by atoms with E-state index in [-0.39, 0.29) is 0 Å². The molecule has 20 heavy (non-hydrogen) atoms. The van der Waals surface area contributed by atoms with Crippen LogP contribution < -0.4 is 5.32 Å². The Morgan fingerprint density at radius 2 is 2.05 bits per heavy atom. The second-order valence-electron chi connectivity index (χ2n) is 5.70. The molecule has 1 fully saturated rings. The molecule has 0 atom stereocenters. The molecule has 1 aliphatic rings. The van der Waals surface area contributed by atoms with Gasteiger partial charge in [0.25, 0.3) is 0 Å². The number of para-hydroxylation sites is 2. The van der Waals surface area contributed by atoms with Crippen molar-refractivity contribution in [2.24, 2.45) is 5.41 Å². The van der Waals surface area contributed by atoms with Crippen LogP contribution in [0, 0.1) is 5.41 Å². The molecule has 1 N–H and O–H groups in total. The maximum atomic E-state index is 5.18. The van der Waals surface area contributed by atoms with Gasteiger partial charge < -0.3 is 10.1 Å². The number of benzene rings is 1. The number of rotatable bonds is 7. The zero-order chi connectivity index (χ0) is 13.8. The van der Waals surface area contributed by atoms with Gasteiger partial charge in [-0.25, -0.2) is 4.98 Å². The Morgan fingerprint density at radius 3 is 2.80 bits per heavy atom. The van der Waals surface area contributed by atoms with Crippen LogP contribution in [0.2, 0.25) is 0 Å². The van der Waals surface area contributed by atoms with E-state index in [0.29, 0.717) is 5.41 Å². The van der Waals surface area contributed by atoms with Crippen molar-refractivity contribution in [1.29, 1.82) is 0 Å². The molecule has 0 aliphatic heterocycles. The van der Waals surface area contributed by atoms with Gasteiger partial charge in [-0.1, -0.05) is 12.1 Å². The molecule has 1 saturated carbocycles. The van der Waals surface area contributed by atoms with Gasteiger partial charge in [0.15, 0.2) is 0 Å². The van der Waals surface area contributed by atoms with Crippen LogP contribution in [0.25, 0.3) is 11.0 Å². The van der Waals surface area contributed by atoms with E-state index in [1.165, 1.54) is 12.8 Å². The molecular formula is C16H21N3O. The lowest BCUT2D eigenvalue weighted by Gasteiger charge is -2.15. The standard InChI is InChI=1S/C16H21N3O/c1-20-9-8-16(6-7-16)12-17-10-13-11-18-14-4-2-3-5-15(14)19-13/h2-5,11,17H,6-10,12H2,1H3. The third-order valence-electron chi connectivity index (χ3n) is 4.10. The van der Waals surface area contributed by atoms with Gasteiger partial charge >= 0.3 is 0 Å². The zero-order valence-electron chi connectivity index (χ0n) is 11.9.